The van der Waals surface area contributed by atoms with Gasteiger partial charge in [-0.1, -0.05) is 5.11 Å². The summed E-state index contributed by atoms with van der Waals surface area (Å²) in [6.07, 6.45) is 3.05. The topological polar surface area (TPSA) is 65.8 Å². The van der Waals surface area contributed by atoms with Gasteiger partial charge in [-0.3, -0.25) is 4.79 Å². The molecule has 0 saturated heterocycles. The van der Waals surface area contributed by atoms with Crippen molar-refractivity contribution in [1.29, 1.82) is 0 Å². The van der Waals surface area contributed by atoms with Crippen LogP contribution in [0.1, 0.15) is 19.3 Å². The molecule has 0 radical (unpaired) electrons. The van der Waals surface area contributed by atoms with E-state index in [0.717, 1.165) is 19.3 Å². The normalized spacial score (nSPS) is 40.7. The van der Waals surface area contributed by atoms with Crippen molar-refractivity contribution in [3.8, 4) is 0 Å². The molecule has 58 valence electrons. The molecule has 4 heteroatoms. The Hall–Kier alpha value is -1.02. The first-order valence-electron chi connectivity index (χ1n) is 3.91. The summed E-state index contributed by atoms with van der Waals surface area (Å²) in [5.41, 5.74) is 8.18. The monoisotopic (exact) mass is 151 g/mol. The van der Waals surface area contributed by atoms with Crippen LogP contribution in [0.2, 0.25) is 0 Å². The second kappa shape index (κ2) is 2.24. The number of hydrogen-bond donors (Lipinski definition) is 0. The highest BCUT2D eigenvalue weighted by molar-refractivity contribution is 5.89. The molecule has 4 nitrogen and oxygen atoms in total. The van der Waals surface area contributed by atoms with Gasteiger partial charge in [-0.05, 0) is 30.7 Å². The fourth-order valence-electron chi connectivity index (χ4n) is 2.24. The molecule has 0 N–H and O–H groups in total. The van der Waals surface area contributed by atoms with E-state index in [9.17, 15) is 4.79 Å². The number of rotatable bonds is 1. The Bertz CT molecular complexity index is 244. The van der Waals surface area contributed by atoms with Crippen molar-refractivity contribution >= 4 is 5.78 Å². The maximum atomic E-state index is 11.3. The van der Waals surface area contributed by atoms with Crippen molar-refractivity contribution < 1.29 is 4.79 Å². The molecule has 11 heavy (non-hydrogen) atoms. The lowest BCUT2D eigenvalue weighted by Gasteiger charge is -2.14. The molecule has 0 aromatic carbocycles. The molecule has 2 aliphatic rings. The molecule has 3 atom stereocenters. The minimum absolute atomic E-state index is 0.180. The fourth-order valence-corrected chi connectivity index (χ4v) is 2.24. The van der Waals surface area contributed by atoms with Crippen LogP contribution in [-0.4, -0.2) is 11.8 Å². The number of hydrogen-bond acceptors (Lipinski definition) is 2. The average Bonchev–Trinajstić information content (AvgIpc) is 2.54. The largest absolute Gasteiger partial charge is 0.299 e. The molecular formula is C7H9N3O. The van der Waals surface area contributed by atoms with E-state index in [2.05, 4.69) is 10.0 Å². The lowest BCUT2D eigenvalue weighted by molar-refractivity contribution is -0.122. The molecule has 2 rings (SSSR count). The van der Waals surface area contributed by atoms with Crippen molar-refractivity contribution in [2.24, 2.45) is 17.0 Å². The zero-order valence-electron chi connectivity index (χ0n) is 6.10. The highest BCUT2D eigenvalue weighted by Gasteiger charge is 2.46. The molecule has 0 aromatic rings. The molecule has 2 saturated carbocycles. The molecule has 0 aromatic heterocycles. The molecule has 0 heterocycles. The Morgan fingerprint density at radius 3 is 2.91 bits per heavy atom. The number of Topliss-reactive ketones (excluding diaryl/α,β-unsaturated/α-hetero) is 1. The molecule has 2 fully saturated rings. The van der Waals surface area contributed by atoms with E-state index in [4.69, 9.17) is 5.53 Å². The third-order valence-corrected chi connectivity index (χ3v) is 2.79. The molecule has 0 amide bonds. The smallest absolute Gasteiger partial charge is 0.145 e. The molecule has 2 bridgehead atoms. The third-order valence-electron chi connectivity index (χ3n) is 2.79. The SMILES string of the molecule is [N-]=[N+]=N[C@@H]1C(=O)[C@H]2CC[C@@H]1C2. The van der Waals surface area contributed by atoms with Crippen LogP contribution in [0.5, 0.6) is 0 Å². The second-order valence-electron chi connectivity index (χ2n) is 3.32. The van der Waals surface area contributed by atoms with Crippen LogP contribution in [0.15, 0.2) is 5.11 Å². The number of azide groups is 1. The number of fused-ring (bicyclic) bond motifs is 2. The lowest BCUT2D eigenvalue weighted by atomic mass is 9.95. The Balaban J connectivity index is 2.23. The number of ketones is 1. The maximum Gasteiger partial charge on any atom is 0.145 e. The predicted molar refractivity (Wildman–Crippen MR) is 38.8 cm³/mol. The zero-order chi connectivity index (χ0) is 7.84. The van der Waals surface area contributed by atoms with Gasteiger partial charge in [0.1, 0.15) is 5.78 Å². The van der Waals surface area contributed by atoms with E-state index >= 15 is 0 Å². The van der Waals surface area contributed by atoms with E-state index in [-0.39, 0.29) is 17.7 Å². The molecule has 0 unspecified atom stereocenters. The van der Waals surface area contributed by atoms with Gasteiger partial charge in [-0.2, -0.15) is 0 Å². The van der Waals surface area contributed by atoms with Crippen molar-refractivity contribution in [3.63, 3.8) is 0 Å². The van der Waals surface area contributed by atoms with Crippen molar-refractivity contribution in [2.75, 3.05) is 0 Å². The quantitative estimate of drug-likeness (QED) is 0.319. The van der Waals surface area contributed by atoms with Gasteiger partial charge < -0.3 is 0 Å². The third kappa shape index (κ3) is 0.828. The van der Waals surface area contributed by atoms with Crippen molar-refractivity contribution in [1.82, 2.24) is 0 Å². The molecule has 0 spiro atoms. The van der Waals surface area contributed by atoms with Crippen LogP contribution < -0.4 is 0 Å². The standard InChI is InChI=1S/C7H9N3O/c8-10-9-6-4-1-2-5(3-4)7(6)11/h4-6H,1-3H2/t4-,5+,6+/m1/s1. The van der Waals surface area contributed by atoms with Gasteiger partial charge in [-0.15, -0.1) is 0 Å². The molecule has 0 aliphatic heterocycles. The highest BCUT2D eigenvalue weighted by atomic mass is 16.1. The maximum absolute atomic E-state index is 11.3. The summed E-state index contributed by atoms with van der Waals surface area (Å²) in [5, 5.41) is 3.52. The van der Waals surface area contributed by atoms with E-state index in [1.807, 2.05) is 0 Å². The summed E-state index contributed by atoms with van der Waals surface area (Å²) in [7, 11) is 0. The first kappa shape index (κ1) is 6.68. The van der Waals surface area contributed by atoms with Crippen LogP contribution in [0, 0.1) is 11.8 Å². The Morgan fingerprint density at radius 1 is 1.55 bits per heavy atom. The van der Waals surface area contributed by atoms with Crippen LogP contribution in [0.25, 0.3) is 10.4 Å². The van der Waals surface area contributed by atoms with E-state index in [1.54, 1.807) is 0 Å². The van der Waals surface area contributed by atoms with Gasteiger partial charge in [0.15, 0.2) is 0 Å². The van der Waals surface area contributed by atoms with Crippen molar-refractivity contribution in [2.45, 2.75) is 25.3 Å². The van der Waals surface area contributed by atoms with Crippen LogP contribution in [0.4, 0.5) is 0 Å². The minimum Gasteiger partial charge on any atom is -0.299 e. The summed E-state index contributed by atoms with van der Waals surface area (Å²) in [5.74, 6) is 0.762. The summed E-state index contributed by atoms with van der Waals surface area (Å²) in [6, 6.07) is -0.321. The van der Waals surface area contributed by atoms with Crippen LogP contribution in [-0.2, 0) is 4.79 Å². The second-order valence-corrected chi connectivity index (χ2v) is 3.32. The molecular weight excluding hydrogens is 142 g/mol. The first-order chi connectivity index (χ1) is 5.33. The van der Waals surface area contributed by atoms with E-state index < -0.39 is 0 Å². The fraction of sp³-hybridized carbons (Fsp3) is 0.857. The first-order valence-corrected chi connectivity index (χ1v) is 3.91. The number of carbonyl (C=O) groups is 1. The zero-order valence-corrected chi connectivity index (χ0v) is 6.10. The summed E-state index contributed by atoms with van der Waals surface area (Å²) < 4.78 is 0. The summed E-state index contributed by atoms with van der Waals surface area (Å²) in [4.78, 5) is 14.0. The summed E-state index contributed by atoms with van der Waals surface area (Å²) >= 11 is 0. The van der Waals surface area contributed by atoms with Crippen molar-refractivity contribution in [3.05, 3.63) is 10.4 Å². The van der Waals surface area contributed by atoms with Gasteiger partial charge in [0.05, 0.1) is 6.04 Å². The lowest BCUT2D eigenvalue weighted by Crippen LogP contribution is -2.24. The average molecular weight is 151 g/mol. The van der Waals surface area contributed by atoms with Crippen LogP contribution in [0.3, 0.4) is 0 Å². The molecule has 2 aliphatic carbocycles. The predicted octanol–water partition coefficient (Wildman–Crippen LogP) is 1.66. The van der Waals surface area contributed by atoms with E-state index in [0.29, 0.717) is 5.92 Å². The minimum atomic E-state index is -0.321. The van der Waals surface area contributed by atoms with E-state index in [1.165, 1.54) is 0 Å². The summed E-state index contributed by atoms with van der Waals surface area (Å²) in [6.45, 7) is 0. The van der Waals surface area contributed by atoms with Gasteiger partial charge in [0.25, 0.3) is 0 Å². The van der Waals surface area contributed by atoms with Gasteiger partial charge >= 0.3 is 0 Å². The van der Waals surface area contributed by atoms with Gasteiger partial charge in [-0.25, -0.2) is 0 Å². The Labute approximate surface area is 64.2 Å². The number of nitrogens with zero attached hydrogens (tertiary/aromatic N) is 3. The van der Waals surface area contributed by atoms with Gasteiger partial charge in [0, 0.05) is 10.8 Å². The Kier molecular flexibility index (Phi) is 1.36. The highest BCUT2D eigenvalue weighted by Crippen LogP contribution is 2.43. The Morgan fingerprint density at radius 2 is 2.36 bits per heavy atom. The van der Waals surface area contributed by atoms with Gasteiger partial charge in [0.2, 0.25) is 0 Å². The number of carbonyl (C=O) groups excluding carboxylic acids is 1. The van der Waals surface area contributed by atoms with Crippen LogP contribution >= 0.6 is 0 Å².